The second kappa shape index (κ2) is 8.25. The minimum absolute atomic E-state index is 0.235. The van der Waals surface area contributed by atoms with Crippen LogP contribution in [0.25, 0.3) is 0 Å². The fourth-order valence-electron chi connectivity index (χ4n) is 2.69. The van der Waals surface area contributed by atoms with Gasteiger partial charge in [-0.1, -0.05) is 18.2 Å². The summed E-state index contributed by atoms with van der Waals surface area (Å²) in [6.45, 7) is 11.4. The van der Waals surface area contributed by atoms with Crippen LogP contribution >= 0.6 is 0 Å². The lowest BCUT2D eigenvalue weighted by Crippen LogP contribution is -2.41. The third-order valence-corrected chi connectivity index (χ3v) is 3.80. The first kappa shape index (κ1) is 20.5. The van der Waals surface area contributed by atoms with Crippen molar-refractivity contribution in [1.82, 2.24) is 5.32 Å². The number of carbonyl (C=O) groups excluding carboxylic acids is 2. The first-order valence-electron chi connectivity index (χ1n) is 9.02. The fraction of sp³-hybridized carbons (Fsp3) is 0.364. The molecule has 0 aromatic heterocycles. The molecular weight excluding hydrogens is 340 g/mol. The molecule has 1 atom stereocenters. The van der Waals surface area contributed by atoms with E-state index in [0.717, 1.165) is 11.1 Å². The number of ether oxygens (including phenoxy) is 1. The van der Waals surface area contributed by atoms with E-state index >= 15 is 0 Å². The molecule has 2 aromatic rings. The summed E-state index contributed by atoms with van der Waals surface area (Å²) in [5, 5.41) is 5.71. The van der Waals surface area contributed by atoms with E-state index in [1.165, 1.54) is 0 Å². The van der Waals surface area contributed by atoms with Gasteiger partial charge in [0.25, 0.3) is 11.8 Å². The molecule has 27 heavy (non-hydrogen) atoms. The number of anilines is 1. The Balaban J connectivity index is 2.12. The van der Waals surface area contributed by atoms with Gasteiger partial charge in [-0.3, -0.25) is 9.59 Å². The summed E-state index contributed by atoms with van der Waals surface area (Å²) in [6, 6.07) is 12.8. The summed E-state index contributed by atoms with van der Waals surface area (Å²) in [6.07, 6.45) is -0.704. The third kappa shape index (κ3) is 6.13. The number of nitrogens with one attached hydrogen (secondary N) is 2. The van der Waals surface area contributed by atoms with E-state index in [1.807, 2.05) is 52.8 Å². The van der Waals surface area contributed by atoms with Gasteiger partial charge in [-0.25, -0.2) is 0 Å². The molecule has 0 aliphatic carbocycles. The Morgan fingerprint density at radius 2 is 1.59 bits per heavy atom. The van der Waals surface area contributed by atoms with Gasteiger partial charge in [-0.05, 0) is 76.9 Å². The van der Waals surface area contributed by atoms with E-state index in [9.17, 15) is 9.59 Å². The average molecular weight is 368 g/mol. The maximum atomic E-state index is 12.6. The molecule has 0 bridgehead atoms. The lowest BCUT2D eigenvalue weighted by molar-refractivity contribution is -0.122. The number of rotatable bonds is 5. The number of hydrogen-bond acceptors (Lipinski definition) is 3. The summed E-state index contributed by atoms with van der Waals surface area (Å²) >= 11 is 0. The van der Waals surface area contributed by atoms with Gasteiger partial charge in [-0.2, -0.15) is 0 Å². The zero-order chi connectivity index (χ0) is 20.2. The molecule has 0 saturated heterocycles. The zero-order valence-corrected chi connectivity index (χ0v) is 16.8. The van der Waals surface area contributed by atoms with Crippen molar-refractivity contribution in [2.75, 3.05) is 5.32 Å². The van der Waals surface area contributed by atoms with Crippen LogP contribution in [0.2, 0.25) is 0 Å². The summed E-state index contributed by atoms with van der Waals surface area (Å²) in [5.74, 6) is 0.0976. The van der Waals surface area contributed by atoms with Gasteiger partial charge in [0.15, 0.2) is 6.10 Å². The molecule has 0 unspecified atom stereocenters. The summed E-state index contributed by atoms with van der Waals surface area (Å²) < 4.78 is 5.78. The van der Waals surface area contributed by atoms with E-state index in [0.29, 0.717) is 17.0 Å². The van der Waals surface area contributed by atoms with Gasteiger partial charge in [-0.15, -0.1) is 0 Å². The molecule has 5 nitrogen and oxygen atoms in total. The van der Waals surface area contributed by atoms with E-state index in [4.69, 9.17) is 4.74 Å². The van der Waals surface area contributed by atoms with E-state index in [-0.39, 0.29) is 17.4 Å². The lowest BCUT2D eigenvalue weighted by atomic mass is 10.1. The molecular formula is C22H28N2O3. The van der Waals surface area contributed by atoms with Crippen LogP contribution in [0.4, 0.5) is 5.69 Å². The van der Waals surface area contributed by atoms with Gasteiger partial charge in [0.05, 0.1) is 11.3 Å². The lowest BCUT2D eigenvalue weighted by Gasteiger charge is -2.22. The molecule has 0 saturated carbocycles. The monoisotopic (exact) mass is 368 g/mol. The molecule has 5 heteroatoms. The summed E-state index contributed by atoms with van der Waals surface area (Å²) in [7, 11) is 0. The Morgan fingerprint density at radius 3 is 2.19 bits per heavy atom. The van der Waals surface area contributed by atoms with Crippen LogP contribution in [0.1, 0.15) is 49.2 Å². The van der Waals surface area contributed by atoms with Crippen molar-refractivity contribution in [3.05, 3.63) is 59.2 Å². The van der Waals surface area contributed by atoms with Crippen LogP contribution in [0.5, 0.6) is 5.75 Å². The number of carbonyl (C=O) groups is 2. The van der Waals surface area contributed by atoms with Crippen molar-refractivity contribution in [3.8, 4) is 5.75 Å². The highest BCUT2D eigenvalue weighted by molar-refractivity contribution is 6.04. The molecule has 0 spiro atoms. The van der Waals surface area contributed by atoms with E-state index in [2.05, 4.69) is 10.6 Å². The van der Waals surface area contributed by atoms with Crippen molar-refractivity contribution in [3.63, 3.8) is 0 Å². The van der Waals surface area contributed by atoms with Crippen molar-refractivity contribution in [2.45, 2.75) is 53.2 Å². The number of amides is 2. The molecule has 0 heterocycles. The fourth-order valence-corrected chi connectivity index (χ4v) is 2.69. The second-order valence-corrected chi connectivity index (χ2v) is 7.82. The molecule has 2 N–H and O–H groups in total. The molecule has 0 radical (unpaired) electrons. The quantitative estimate of drug-likeness (QED) is 0.829. The zero-order valence-electron chi connectivity index (χ0n) is 16.8. The van der Waals surface area contributed by atoms with Gasteiger partial charge in [0, 0.05) is 5.54 Å². The van der Waals surface area contributed by atoms with Crippen LogP contribution in [0, 0.1) is 13.8 Å². The van der Waals surface area contributed by atoms with Gasteiger partial charge < -0.3 is 15.4 Å². The van der Waals surface area contributed by atoms with Crippen LogP contribution in [-0.2, 0) is 4.79 Å². The highest BCUT2D eigenvalue weighted by Crippen LogP contribution is 2.20. The van der Waals surface area contributed by atoms with Crippen molar-refractivity contribution in [2.24, 2.45) is 0 Å². The Hall–Kier alpha value is -2.82. The minimum Gasteiger partial charge on any atom is -0.481 e. The summed E-state index contributed by atoms with van der Waals surface area (Å²) in [4.78, 5) is 25.1. The molecule has 144 valence electrons. The second-order valence-electron chi connectivity index (χ2n) is 7.82. The largest absolute Gasteiger partial charge is 0.481 e. The van der Waals surface area contributed by atoms with Gasteiger partial charge >= 0.3 is 0 Å². The number of hydrogen-bond donors (Lipinski definition) is 2. The summed E-state index contributed by atoms with van der Waals surface area (Å²) in [5.41, 5.74) is 2.65. The first-order chi connectivity index (χ1) is 12.5. The number of benzene rings is 2. The van der Waals surface area contributed by atoms with Crippen LogP contribution < -0.4 is 15.4 Å². The molecule has 0 aliphatic rings. The normalized spacial score (nSPS) is 12.2. The molecule has 2 rings (SSSR count). The number of para-hydroxylation sites is 1. The predicted molar refractivity (Wildman–Crippen MR) is 108 cm³/mol. The van der Waals surface area contributed by atoms with Gasteiger partial charge in [0.2, 0.25) is 0 Å². The van der Waals surface area contributed by atoms with E-state index in [1.54, 1.807) is 31.2 Å². The Bertz CT molecular complexity index is 817. The van der Waals surface area contributed by atoms with E-state index < -0.39 is 6.10 Å². The van der Waals surface area contributed by atoms with Crippen LogP contribution in [0.15, 0.2) is 42.5 Å². The Labute approximate surface area is 161 Å². The molecule has 2 amide bonds. The molecule has 0 fully saturated rings. The Kier molecular flexibility index (Phi) is 6.26. The SMILES string of the molecule is Cc1cc(C)cc(O[C@@H](C)C(=O)Nc2ccccc2C(=O)NC(C)(C)C)c1. The molecule has 0 aliphatic heterocycles. The topological polar surface area (TPSA) is 67.4 Å². The number of aryl methyl sites for hydroxylation is 2. The molecule has 2 aromatic carbocycles. The predicted octanol–water partition coefficient (Wildman–Crippen LogP) is 4.24. The van der Waals surface area contributed by atoms with Crippen LogP contribution in [-0.4, -0.2) is 23.5 Å². The van der Waals surface area contributed by atoms with Crippen molar-refractivity contribution < 1.29 is 14.3 Å². The third-order valence-electron chi connectivity index (χ3n) is 3.80. The Morgan fingerprint density at radius 1 is 1.00 bits per heavy atom. The minimum atomic E-state index is -0.704. The standard InChI is InChI=1S/C22H28N2O3/c1-14-11-15(2)13-17(12-14)27-16(3)20(25)23-19-10-8-7-9-18(19)21(26)24-22(4,5)6/h7-13,16H,1-6H3,(H,23,25)(H,24,26)/t16-/m0/s1. The first-order valence-corrected chi connectivity index (χ1v) is 9.02. The van der Waals surface area contributed by atoms with Crippen molar-refractivity contribution in [1.29, 1.82) is 0 Å². The van der Waals surface area contributed by atoms with Gasteiger partial charge in [0.1, 0.15) is 5.75 Å². The van der Waals surface area contributed by atoms with Crippen molar-refractivity contribution >= 4 is 17.5 Å². The average Bonchev–Trinajstić information content (AvgIpc) is 2.52. The highest BCUT2D eigenvalue weighted by atomic mass is 16.5. The highest BCUT2D eigenvalue weighted by Gasteiger charge is 2.21. The smallest absolute Gasteiger partial charge is 0.265 e. The van der Waals surface area contributed by atoms with Crippen LogP contribution in [0.3, 0.4) is 0 Å². The maximum absolute atomic E-state index is 12.6. The maximum Gasteiger partial charge on any atom is 0.265 e.